The van der Waals surface area contributed by atoms with Crippen LogP contribution in [0.3, 0.4) is 0 Å². The van der Waals surface area contributed by atoms with E-state index in [1.54, 1.807) is 0 Å². The summed E-state index contributed by atoms with van der Waals surface area (Å²) in [5, 5.41) is 0. The van der Waals surface area contributed by atoms with Gasteiger partial charge in [-0.2, -0.15) is 0 Å². The van der Waals surface area contributed by atoms with Crippen molar-refractivity contribution in [1.29, 1.82) is 0 Å². The van der Waals surface area contributed by atoms with Crippen LogP contribution in [-0.4, -0.2) is 128 Å². The molecule has 16 heteroatoms. The topological polar surface area (TPSA) is 106 Å². The number of hydrogen-bond acceptors (Lipinski definition) is 10. The molecule has 0 spiro atoms. The molecule has 4 fully saturated rings. The maximum Gasteiger partial charge on any atom is 0.311 e. The molecule has 4 unspecified atom stereocenters. The molecule has 4 heterocycles. The molecule has 4 atom stereocenters. The van der Waals surface area contributed by atoms with Crippen molar-refractivity contribution in [3.8, 4) is 0 Å². The highest BCUT2D eigenvalue weighted by molar-refractivity contribution is 6.88. The molecule has 0 aliphatic carbocycles. The standard InChI is InChI=1S/C20H44O4Si3.C18H40O6Si3/c1-25(2,15-11-7-9-13-19-17-21-19)23-27(5,6)24-26(3,4)16-12-8-10-14-20-18-22-20;1-25(2,11-7-9-19-13-17-15-21-17)23-27(5,6)24-26(3,4)12-8-10-20-14-18-16-22-18/h19-20H,7-18H2,1-6H3;17-18H,7-16H2,1-6H3. The number of hydrogen-bond donors (Lipinski definition) is 0. The number of unbranched alkanes of at least 4 members (excludes halogenated alkanes) is 4. The van der Waals surface area contributed by atoms with Crippen LogP contribution in [0.4, 0.5) is 0 Å². The van der Waals surface area contributed by atoms with Crippen LogP contribution in [0.2, 0.25) is 103 Å². The van der Waals surface area contributed by atoms with Crippen molar-refractivity contribution < 1.29 is 44.9 Å². The molecule has 0 aromatic rings. The van der Waals surface area contributed by atoms with Crippen molar-refractivity contribution in [1.82, 2.24) is 0 Å². The molecule has 0 aromatic carbocycles. The largest absolute Gasteiger partial charge is 0.437 e. The van der Waals surface area contributed by atoms with Crippen LogP contribution in [0.25, 0.3) is 0 Å². The minimum Gasteiger partial charge on any atom is -0.437 e. The van der Waals surface area contributed by atoms with Crippen LogP contribution in [0.15, 0.2) is 0 Å². The summed E-state index contributed by atoms with van der Waals surface area (Å²) in [7, 11) is -10.9. The van der Waals surface area contributed by atoms with Gasteiger partial charge in [0.2, 0.25) is 0 Å². The van der Waals surface area contributed by atoms with Crippen LogP contribution in [0, 0.1) is 0 Å². The Bertz CT molecular complexity index is 878. The van der Waals surface area contributed by atoms with Crippen molar-refractivity contribution in [2.75, 3.05) is 52.9 Å². The van der Waals surface area contributed by atoms with Gasteiger partial charge in [0.15, 0.2) is 33.3 Å². The number of epoxide rings is 4. The van der Waals surface area contributed by atoms with Gasteiger partial charge in [0.05, 0.1) is 51.8 Å². The Kier molecular flexibility index (Phi) is 21.0. The van der Waals surface area contributed by atoms with Gasteiger partial charge < -0.3 is 44.9 Å². The second-order valence-corrected chi connectivity index (χ2v) is 44.6. The lowest BCUT2D eigenvalue weighted by Crippen LogP contribution is -2.52. The zero-order valence-corrected chi connectivity index (χ0v) is 42.9. The van der Waals surface area contributed by atoms with E-state index >= 15 is 0 Å². The summed E-state index contributed by atoms with van der Waals surface area (Å²) in [6.07, 6.45) is 14.3. The van der Waals surface area contributed by atoms with Gasteiger partial charge in [-0.15, -0.1) is 0 Å². The Labute approximate surface area is 338 Å². The quantitative estimate of drug-likeness (QED) is 0.0369. The smallest absolute Gasteiger partial charge is 0.311 e. The van der Waals surface area contributed by atoms with E-state index in [1.165, 1.54) is 63.5 Å². The minimum absolute atomic E-state index is 0.353. The first-order valence-electron chi connectivity index (χ1n) is 21.6. The summed E-state index contributed by atoms with van der Waals surface area (Å²) < 4.78 is 58.9. The molecule has 0 radical (unpaired) electrons. The highest BCUT2D eigenvalue weighted by atomic mass is 28.5. The van der Waals surface area contributed by atoms with Crippen LogP contribution < -0.4 is 0 Å². The Morgan fingerprint density at radius 2 is 0.648 bits per heavy atom. The molecule has 10 nitrogen and oxygen atoms in total. The van der Waals surface area contributed by atoms with Crippen LogP contribution in [0.1, 0.15) is 64.2 Å². The molecular formula is C38H84O10Si6. The van der Waals surface area contributed by atoms with Crippen LogP contribution in [-0.2, 0) is 44.9 Å². The fourth-order valence-corrected chi connectivity index (χ4v) is 35.7. The van der Waals surface area contributed by atoms with E-state index in [9.17, 15) is 0 Å². The van der Waals surface area contributed by atoms with Crippen molar-refractivity contribution in [3.05, 3.63) is 0 Å². The molecule has 320 valence electrons. The minimum atomic E-state index is -2.13. The van der Waals surface area contributed by atoms with Gasteiger partial charge in [-0.25, -0.2) is 0 Å². The van der Waals surface area contributed by atoms with Crippen molar-refractivity contribution in [2.45, 2.75) is 191 Å². The molecule has 54 heavy (non-hydrogen) atoms. The van der Waals surface area contributed by atoms with Gasteiger partial charge >= 0.3 is 17.1 Å². The lowest BCUT2D eigenvalue weighted by molar-refractivity contribution is 0.116. The lowest BCUT2D eigenvalue weighted by Gasteiger charge is -2.39. The molecule has 0 amide bonds. The van der Waals surface area contributed by atoms with Crippen molar-refractivity contribution >= 4 is 50.4 Å². The summed E-state index contributed by atoms with van der Waals surface area (Å²) in [5.41, 5.74) is 0. The van der Waals surface area contributed by atoms with E-state index in [4.69, 9.17) is 44.9 Å². The van der Waals surface area contributed by atoms with E-state index in [0.29, 0.717) is 24.4 Å². The maximum atomic E-state index is 6.72. The van der Waals surface area contributed by atoms with E-state index in [2.05, 4.69) is 78.6 Å². The Balaban J connectivity index is 0.000000290. The predicted molar refractivity (Wildman–Crippen MR) is 235 cm³/mol. The van der Waals surface area contributed by atoms with Gasteiger partial charge in [-0.05, 0) is 128 Å². The predicted octanol–water partition coefficient (Wildman–Crippen LogP) is 9.79. The summed E-state index contributed by atoms with van der Waals surface area (Å²) in [4.78, 5) is 0. The Hall–Kier alpha value is 0.901. The average molecular weight is 870 g/mol. The average Bonchev–Trinajstić information content (AvgIpc) is 3.79. The monoisotopic (exact) mass is 868 g/mol. The zero-order valence-electron chi connectivity index (χ0n) is 36.9. The first-order valence-corrected chi connectivity index (χ1v) is 39.7. The third kappa shape index (κ3) is 26.8. The van der Waals surface area contributed by atoms with Gasteiger partial charge in [0.25, 0.3) is 0 Å². The van der Waals surface area contributed by atoms with Gasteiger partial charge in [0, 0.05) is 13.2 Å². The highest BCUT2D eigenvalue weighted by Crippen LogP contribution is 2.29. The Morgan fingerprint density at radius 1 is 0.370 bits per heavy atom. The van der Waals surface area contributed by atoms with Gasteiger partial charge in [-0.1, -0.05) is 38.5 Å². The fraction of sp³-hybridized carbons (Fsp3) is 1.00. The second-order valence-electron chi connectivity index (χ2n) is 19.6. The highest BCUT2D eigenvalue weighted by Gasteiger charge is 2.40. The Morgan fingerprint density at radius 3 is 0.926 bits per heavy atom. The molecule has 0 bridgehead atoms. The van der Waals surface area contributed by atoms with Gasteiger partial charge in [-0.3, -0.25) is 0 Å². The molecule has 0 saturated carbocycles. The maximum absolute atomic E-state index is 6.72. The second kappa shape index (κ2) is 23.0. The number of ether oxygens (including phenoxy) is 6. The lowest BCUT2D eigenvalue weighted by atomic mass is 10.2. The SMILES string of the molecule is C[Si](C)(CCCCCC1CO1)O[Si](C)(C)O[Si](C)(C)CCCCCC1CO1.C[Si](C)(CCCOCC1CO1)O[Si](C)(C)O[Si](C)(C)CCCOCC1CO1. The summed E-state index contributed by atoms with van der Waals surface area (Å²) >= 11 is 0. The molecule has 4 saturated heterocycles. The van der Waals surface area contributed by atoms with Gasteiger partial charge in [0.1, 0.15) is 12.2 Å². The third-order valence-electron chi connectivity index (χ3n) is 10.1. The van der Waals surface area contributed by atoms with Crippen molar-refractivity contribution in [2.24, 2.45) is 0 Å². The molecule has 4 aliphatic rings. The first-order chi connectivity index (χ1) is 25.1. The molecule has 0 aromatic heterocycles. The fourth-order valence-electron chi connectivity index (χ4n) is 7.53. The zero-order chi connectivity index (χ0) is 39.9. The van der Waals surface area contributed by atoms with Crippen LogP contribution in [0.5, 0.6) is 0 Å². The van der Waals surface area contributed by atoms with E-state index in [-0.39, 0.29) is 0 Å². The summed E-state index contributed by atoms with van der Waals surface area (Å²) in [5.74, 6) is 0. The molecular weight excluding hydrogens is 785 g/mol. The van der Waals surface area contributed by atoms with E-state index < -0.39 is 50.4 Å². The first kappa shape index (κ1) is 49.3. The van der Waals surface area contributed by atoms with E-state index in [1.807, 2.05) is 0 Å². The normalized spacial score (nSPS) is 22.9. The molecule has 4 aliphatic heterocycles. The molecule has 0 N–H and O–H groups in total. The third-order valence-corrected chi connectivity index (χ3v) is 33.0. The molecule has 4 rings (SSSR count). The van der Waals surface area contributed by atoms with Crippen LogP contribution >= 0.6 is 0 Å². The summed E-state index contributed by atoms with van der Waals surface area (Å²) in [6, 6.07) is 4.72. The summed E-state index contributed by atoms with van der Waals surface area (Å²) in [6.45, 7) is 34.5. The van der Waals surface area contributed by atoms with E-state index in [0.717, 1.165) is 77.8 Å². The number of rotatable bonds is 32. The van der Waals surface area contributed by atoms with Crippen molar-refractivity contribution in [3.63, 3.8) is 0 Å².